The maximum atomic E-state index is 12.9. The maximum absolute atomic E-state index is 12.9. The van der Waals surface area contributed by atoms with Crippen LogP contribution >= 0.6 is 0 Å². The second-order valence-electron chi connectivity index (χ2n) is 7.42. The predicted octanol–water partition coefficient (Wildman–Crippen LogP) is 1.94. The number of likely N-dealkylation sites (tertiary alicyclic amines) is 1. The van der Waals surface area contributed by atoms with Gasteiger partial charge in [-0.05, 0) is 67.7 Å². The van der Waals surface area contributed by atoms with Crippen LogP contribution in [0, 0.1) is 5.92 Å². The summed E-state index contributed by atoms with van der Waals surface area (Å²) < 4.78 is 0. The molecule has 1 saturated heterocycles. The van der Waals surface area contributed by atoms with Crippen molar-refractivity contribution in [2.24, 2.45) is 5.92 Å². The number of anilines is 1. The summed E-state index contributed by atoms with van der Waals surface area (Å²) in [6.45, 7) is 1.38. The number of aromatic nitrogens is 2. The standard InChI is InChI=1S/C20H24N4O2/c21-18-6-5-13(11-22-18)9-14-7-8-24(12-14)20(26)16-10-15-3-1-2-4-17(15)23-19(16)25/h5-6,10-11,14H,1-4,7-9,12H2,(H2,21,22)(H,23,25). The first-order valence-corrected chi connectivity index (χ1v) is 9.35. The third-order valence-electron chi connectivity index (χ3n) is 5.51. The fourth-order valence-electron chi connectivity index (χ4n) is 4.08. The number of hydrogen-bond donors (Lipinski definition) is 2. The number of fused-ring (bicyclic) bond motifs is 1. The lowest BCUT2D eigenvalue weighted by atomic mass is 9.95. The minimum absolute atomic E-state index is 0.141. The lowest BCUT2D eigenvalue weighted by molar-refractivity contribution is 0.0785. The topological polar surface area (TPSA) is 92.1 Å². The highest BCUT2D eigenvalue weighted by molar-refractivity contribution is 5.94. The third-order valence-corrected chi connectivity index (χ3v) is 5.51. The molecule has 1 unspecified atom stereocenters. The van der Waals surface area contributed by atoms with E-state index in [0.29, 0.717) is 30.4 Å². The van der Waals surface area contributed by atoms with Crippen molar-refractivity contribution in [3.05, 3.63) is 57.1 Å². The molecule has 0 radical (unpaired) electrons. The van der Waals surface area contributed by atoms with E-state index in [4.69, 9.17) is 5.73 Å². The summed E-state index contributed by atoms with van der Waals surface area (Å²) in [6.07, 6.45) is 7.68. The second kappa shape index (κ2) is 6.94. The van der Waals surface area contributed by atoms with E-state index in [2.05, 4.69) is 9.97 Å². The van der Waals surface area contributed by atoms with Crippen molar-refractivity contribution >= 4 is 11.7 Å². The number of nitrogens with zero attached hydrogens (tertiary/aromatic N) is 2. The molecule has 0 saturated carbocycles. The summed E-state index contributed by atoms with van der Waals surface area (Å²) in [5.41, 5.74) is 8.94. The summed E-state index contributed by atoms with van der Waals surface area (Å²) in [4.78, 5) is 34.1. The van der Waals surface area contributed by atoms with Crippen LogP contribution in [0.1, 0.15) is 46.4 Å². The normalized spacial score (nSPS) is 19.4. The average molecular weight is 352 g/mol. The first-order chi connectivity index (χ1) is 12.6. The van der Waals surface area contributed by atoms with Gasteiger partial charge in [0.2, 0.25) is 0 Å². The zero-order chi connectivity index (χ0) is 18.1. The molecule has 0 spiro atoms. The van der Waals surface area contributed by atoms with E-state index in [1.165, 1.54) is 0 Å². The highest BCUT2D eigenvalue weighted by Gasteiger charge is 2.29. The van der Waals surface area contributed by atoms with Crippen LogP contribution in [0.4, 0.5) is 5.82 Å². The maximum Gasteiger partial charge on any atom is 0.261 e. The molecule has 26 heavy (non-hydrogen) atoms. The van der Waals surface area contributed by atoms with Gasteiger partial charge in [-0.1, -0.05) is 6.07 Å². The zero-order valence-electron chi connectivity index (χ0n) is 14.8. The van der Waals surface area contributed by atoms with Gasteiger partial charge in [0.05, 0.1) is 0 Å². The van der Waals surface area contributed by atoms with E-state index in [1.54, 1.807) is 12.3 Å². The lowest BCUT2D eigenvalue weighted by Gasteiger charge is -2.19. The number of hydrogen-bond acceptors (Lipinski definition) is 4. The number of aryl methyl sites for hydroxylation is 2. The molecule has 0 bridgehead atoms. The van der Waals surface area contributed by atoms with Crippen molar-refractivity contribution in [3.63, 3.8) is 0 Å². The molecule has 6 heteroatoms. The van der Waals surface area contributed by atoms with E-state index < -0.39 is 0 Å². The van der Waals surface area contributed by atoms with Gasteiger partial charge in [0.25, 0.3) is 11.5 Å². The van der Waals surface area contributed by atoms with Crippen molar-refractivity contribution in [2.75, 3.05) is 18.8 Å². The fourth-order valence-corrected chi connectivity index (χ4v) is 4.08. The Kier molecular flexibility index (Phi) is 4.49. The van der Waals surface area contributed by atoms with Gasteiger partial charge in [-0.15, -0.1) is 0 Å². The van der Waals surface area contributed by atoms with E-state index in [0.717, 1.165) is 55.3 Å². The molecular weight excluding hydrogens is 328 g/mol. The summed E-state index contributed by atoms with van der Waals surface area (Å²) in [5.74, 6) is 0.766. The van der Waals surface area contributed by atoms with Gasteiger partial charge in [-0.25, -0.2) is 4.98 Å². The van der Waals surface area contributed by atoms with E-state index in [-0.39, 0.29) is 11.5 Å². The quantitative estimate of drug-likeness (QED) is 0.883. The van der Waals surface area contributed by atoms with Crippen molar-refractivity contribution in [1.82, 2.24) is 14.9 Å². The van der Waals surface area contributed by atoms with Gasteiger partial charge in [0.1, 0.15) is 11.4 Å². The number of carbonyl (C=O) groups excluding carboxylic acids is 1. The molecule has 3 heterocycles. The summed E-state index contributed by atoms with van der Waals surface area (Å²) in [6, 6.07) is 5.62. The highest BCUT2D eigenvalue weighted by Crippen LogP contribution is 2.23. The number of rotatable bonds is 3. The van der Waals surface area contributed by atoms with Crippen molar-refractivity contribution in [1.29, 1.82) is 0 Å². The fraction of sp³-hybridized carbons (Fsp3) is 0.450. The number of amides is 1. The minimum Gasteiger partial charge on any atom is -0.384 e. The number of nitrogens with two attached hydrogens (primary N) is 1. The number of carbonyl (C=O) groups is 1. The first-order valence-electron chi connectivity index (χ1n) is 9.35. The Morgan fingerprint density at radius 2 is 2.15 bits per heavy atom. The summed E-state index contributed by atoms with van der Waals surface area (Å²) >= 11 is 0. The van der Waals surface area contributed by atoms with Crippen LogP contribution in [0.25, 0.3) is 0 Å². The second-order valence-corrected chi connectivity index (χ2v) is 7.42. The van der Waals surface area contributed by atoms with Crippen LogP contribution in [0.2, 0.25) is 0 Å². The van der Waals surface area contributed by atoms with Crippen LogP contribution in [0.3, 0.4) is 0 Å². The van der Waals surface area contributed by atoms with Gasteiger partial charge >= 0.3 is 0 Å². The van der Waals surface area contributed by atoms with Crippen molar-refractivity contribution < 1.29 is 4.79 Å². The molecule has 1 amide bonds. The van der Waals surface area contributed by atoms with E-state index in [9.17, 15) is 9.59 Å². The zero-order valence-corrected chi connectivity index (χ0v) is 14.8. The molecule has 4 rings (SSSR count). The van der Waals surface area contributed by atoms with Crippen LogP contribution in [0.15, 0.2) is 29.2 Å². The molecule has 1 atom stereocenters. The molecule has 1 aliphatic carbocycles. The number of nitrogen functional groups attached to an aromatic ring is 1. The smallest absolute Gasteiger partial charge is 0.261 e. The van der Waals surface area contributed by atoms with Crippen LogP contribution in [-0.2, 0) is 19.3 Å². The Morgan fingerprint density at radius 3 is 2.96 bits per heavy atom. The third kappa shape index (κ3) is 3.36. The largest absolute Gasteiger partial charge is 0.384 e. The van der Waals surface area contributed by atoms with E-state index >= 15 is 0 Å². The number of aromatic amines is 1. The van der Waals surface area contributed by atoms with Crippen LogP contribution in [0.5, 0.6) is 0 Å². The minimum atomic E-state index is -0.248. The first kappa shape index (κ1) is 16.8. The van der Waals surface area contributed by atoms with Gasteiger partial charge in [0, 0.05) is 25.0 Å². The predicted molar refractivity (Wildman–Crippen MR) is 100 cm³/mol. The Hall–Kier alpha value is -2.63. The van der Waals surface area contributed by atoms with Gasteiger partial charge in [-0.3, -0.25) is 9.59 Å². The summed E-state index contributed by atoms with van der Waals surface area (Å²) in [5, 5.41) is 0. The Bertz CT molecular complexity index is 872. The number of pyridine rings is 2. The van der Waals surface area contributed by atoms with Gasteiger partial charge in [-0.2, -0.15) is 0 Å². The Morgan fingerprint density at radius 1 is 1.31 bits per heavy atom. The summed E-state index contributed by atoms with van der Waals surface area (Å²) in [7, 11) is 0. The van der Waals surface area contributed by atoms with Gasteiger partial charge < -0.3 is 15.6 Å². The van der Waals surface area contributed by atoms with E-state index in [1.807, 2.05) is 17.0 Å². The van der Waals surface area contributed by atoms with Crippen molar-refractivity contribution in [2.45, 2.75) is 38.5 Å². The molecular formula is C20H24N4O2. The number of nitrogens with one attached hydrogen (secondary N) is 1. The molecule has 1 fully saturated rings. The molecule has 0 aromatic carbocycles. The van der Waals surface area contributed by atoms with Gasteiger partial charge in [0.15, 0.2) is 0 Å². The molecule has 6 nitrogen and oxygen atoms in total. The highest BCUT2D eigenvalue weighted by atomic mass is 16.2. The van der Waals surface area contributed by atoms with Crippen molar-refractivity contribution in [3.8, 4) is 0 Å². The molecule has 3 N–H and O–H groups in total. The van der Waals surface area contributed by atoms with Crippen LogP contribution < -0.4 is 11.3 Å². The lowest BCUT2D eigenvalue weighted by Crippen LogP contribution is -2.34. The molecule has 2 aliphatic rings. The monoisotopic (exact) mass is 352 g/mol. The Balaban J connectivity index is 1.46. The Labute approximate surface area is 152 Å². The average Bonchev–Trinajstić information content (AvgIpc) is 3.11. The van der Waals surface area contributed by atoms with Crippen LogP contribution in [-0.4, -0.2) is 33.9 Å². The molecule has 2 aromatic rings. The molecule has 2 aromatic heterocycles. The molecule has 1 aliphatic heterocycles. The number of H-pyrrole nitrogens is 1. The molecule has 136 valence electrons. The SMILES string of the molecule is Nc1ccc(CC2CCN(C(=O)c3cc4c([nH]c3=O)CCCC4)C2)cn1.